The maximum Gasteiger partial charge on any atom is 0.239 e. The fourth-order valence-corrected chi connectivity index (χ4v) is 3.23. The molecule has 3 aromatic rings. The highest BCUT2D eigenvalue weighted by Gasteiger charge is 2.40. The molecule has 1 saturated heterocycles. The Bertz CT molecular complexity index is 1200. The van der Waals surface area contributed by atoms with Gasteiger partial charge in [-0.15, -0.1) is 0 Å². The summed E-state index contributed by atoms with van der Waals surface area (Å²) in [5.74, 6) is -2.79. The van der Waals surface area contributed by atoms with E-state index < -0.39 is 59.6 Å². The topological polar surface area (TPSA) is 190 Å². The summed E-state index contributed by atoms with van der Waals surface area (Å²) in [6, 6.07) is 5.50. The molecule has 1 fully saturated rings. The summed E-state index contributed by atoms with van der Waals surface area (Å²) >= 11 is 0. The predicted octanol–water partition coefficient (Wildman–Crippen LogP) is 0.100. The van der Waals surface area contributed by atoms with Crippen LogP contribution in [0.15, 0.2) is 39.5 Å². The van der Waals surface area contributed by atoms with Crippen molar-refractivity contribution in [3.05, 3.63) is 40.6 Å². The van der Waals surface area contributed by atoms with E-state index in [-0.39, 0.29) is 28.0 Å². The lowest BCUT2D eigenvalue weighted by atomic mass is 10.1. The van der Waals surface area contributed by atoms with Crippen molar-refractivity contribution < 1.29 is 49.6 Å². The van der Waals surface area contributed by atoms with Gasteiger partial charge in [-0.2, -0.15) is 0 Å². The Morgan fingerprint density at radius 1 is 0.903 bits per heavy atom. The molecular formula is C20H18O11. The van der Waals surface area contributed by atoms with E-state index in [0.717, 1.165) is 24.3 Å². The van der Waals surface area contributed by atoms with Crippen LogP contribution in [0, 0.1) is 0 Å². The van der Waals surface area contributed by atoms with E-state index in [1.54, 1.807) is 0 Å². The molecule has 0 aliphatic carbocycles. The lowest BCUT2D eigenvalue weighted by Gasteiger charge is -2.34. The highest BCUT2D eigenvalue weighted by molar-refractivity contribution is 5.88. The first kappa shape index (κ1) is 20.8. The van der Waals surface area contributed by atoms with Crippen LogP contribution in [0.3, 0.4) is 0 Å². The van der Waals surface area contributed by atoms with Crippen LogP contribution < -0.4 is 10.2 Å². The van der Waals surface area contributed by atoms with Gasteiger partial charge in [-0.3, -0.25) is 4.79 Å². The summed E-state index contributed by atoms with van der Waals surface area (Å²) in [7, 11) is 0. The molecule has 0 bridgehead atoms. The smallest absolute Gasteiger partial charge is 0.239 e. The third-order valence-electron chi connectivity index (χ3n) is 4.84. The van der Waals surface area contributed by atoms with Gasteiger partial charge in [0, 0.05) is 17.7 Å². The van der Waals surface area contributed by atoms with Gasteiger partial charge in [0.05, 0.1) is 6.61 Å². The van der Waals surface area contributed by atoms with Gasteiger partial charge in [-0.1, -0.05) is 0 Å². The molecule has 0 saturated carbocycles. The van der Waals surface area contributed by atoms with Crippen LogP contribution >= 0.6 is 0 Å². The van der Waals surface area contributed by atoms with Crippen molar-refractivity contribution >= 4 is 11.0 Å². The second-order valence-electron chi connectivity index (χ2n) is 7.00. The zero-order valence-electron chi connectivity index (χ0n) is 15.7. The number of fused-ring (bicyclic) bond motifs is 1. The van der Waals surface area contributed by atoms with Gasteiger partial charge in [0.1, 0.15) is 40.8 Å². The summed E-state index contributed by atoms with van der Waals surface area (Å²) in [6.45, 7) is -0.393. The normalized spacial score (nSPS) is 23.7. The van der Waals surface area contributed by atoms with Gasteiger partial charge in [-0.25, -0.2) is 0 Å². The molecule has 7 N–H and O–H groups in total. The lowest BCUT2D eigenvalue weighted by molar-refractivity contribution is -0.242. The van der Waals surface area contributed by atoms with Crippen LogP contribution in [-0.4, -0.2) is 67.0 Å². The summed E-state index contributed by atoms with van der Waals surface area (Å²) < 4.78 is 16.3. The summed E-state index contributed by atoms with van der Waals surface area (Å²) in [4.78, 5) is 13.1. The molecule has 11 nitrogen and oxygen atoms in total. The molecule has 0 radical (unpaired) electrons. The van der Waals surface area contributed by atoms with E-state index in [0.29, 0.717) is 0 Å². The van der Waals surface area contributed by atoms with Crippen molar-refractivity contribution in [1.82, 2.24) is 0 Å². The fourth-order valence-electron chi connectivity index (χ4n) is 3.23. The van der Waals surface area contributed by atoms with Gasteiger partial charge in [0.2, 0.25) is 17.5 Å². The Labute approximate surface area is 173 Å². The van der Waals surface area contributed by atoms with Crippen molar-refractivity contribution in [2.24, 2.45) is 0 Å². The Balaban J connectivity index is 1.92. The van der Waals surface area contributed by atoms with Gasteiger partial charge in [0.15, 0.2) is 17.3 Å². The molecule has 11 heteroatoms. The van der Waals surface area contributed by atoms with Gasteiger partial charge in [-0.05, 0) is 18.2 Å². The first-order valence-electron chi connectivity index (χ1n) is 9.05. The first-order chi connectivity index (χ1) is 14.7. The monoisotopic (exact) mass is 434 g/mol. The Morgan fingerprint density at radius 2 is 1.65 bits per heavy atom. The maximum absolute atomic E-state index is 13.1. The number of benzene rings is 2. The largest absolute Gasteiger partial charge is 0.508 e. The number of aliphatic hydroxyl groups excluding tert-OH is 3. The number of rotatable bonds is 3. The van der Waals surface area contributed by atoms with Crippen LogP contribution in [0.25, 0.3) is 22.3 Å². The minimum Gasteiger partial charge on any atom is -0.508 e. The van der Waals surface area contributed by atoms with E-state index in [1.807, 2.05) is 0 Å². The number of phenols is 4. The highest BCUT2D eigenvalue weighted by Crippen LogP contribution is 2.39. The third-order valence-corrected chi connectivity index (χ3v) is 4.84. The highest BCUT2D eigenvalue weighted by atomic mass is 16.7. The molecule has 2 heterocycles. The molecule has 1 aliphatic heterocycles. The maximum atomic E-state index is 13.1. The quantitative estimate of drug-likeness (QED) is 0.277. The van der Waals surface area contributed by atoms with Crippen LogP contribution in [0.2, 0.25) is 0 Å². The molecule has 0 amide bonds. The second-order valence-corrected chi connectivity index (χ2v) is 7.00. The minimum atomic E-state index is -1.73. The predicted molar refractivity (Wildman–Crippen MR) is 103 cm³/mol. The second kappa shape index (κ2) is 7.63. The van der Waals surface area contributed by atoms with Crippen molar-refractivity contribution in [3.8, 4) is 40.1 Å². The lowest BCUT2D eigenvalue weighted by Crippen LogP contribution is -2.55. The molecule has 1 aliphatic rings. The summed E-state index contributed by atoms with van der Waals surface area (Å²) in [5.41, 5.74) is -1.05. The molecule has 1 aromatic heterocycles. The molecule has 4 atom stereocenters. The molecular weight excluding hydrogens is 416 g/mol. The standard InChI is InChI=1S/C20H18O11/c21-8-4-11(24)14-13(5-8)30-18(7-1-2-9(22)10(23)3-7)19(16(14)27)31-20-17(28)15(26)12(25)6-29-20/h1-5,12,15,17,20-26,28H,6H2/t12-,15+,17-,20-/m1/s1. The zero-order valence-corrected chi connectivity index (χ0v) is 15.7. The molecule has 0 unspecified atom stereocenters. The average Bonchev–Trinajstić information content (AvgIpc) is 2.71. The molecule has 31 heavy (non-hydrogen) atoms. The van der Waals surface area contributed by atoms with Gasteiger partial charge < -0.3 is 49.6 Å². The Hall–Kier alpha value is -3.51. The Morgan fingerprint density at radius 3 is 2.35 bits per heavy atom. The van der Waals surface area contributed by atoms with Crippen LogP contribution in [-0.2, 0) is 4.74 Å². The number of phenolic OH excluding ortho intramolecular Hbond substituents is 4. The average molecular weight is 434 g/mol. The minimum absolute atomic E-state index is 0.0676. The fraction of sp³-hybridized carbons (Fsp3) is 0.250. The number of hydrogen-bond donors (Lipinski definition) is 7. The van der Waals surface area contributed by atoms with E-state index in [2.05, 4.69) is 0 Å². The SMILES string of the molecule is O=c1c(O[C@H]2OC[C@@H](O)[C@H](O)[C@H]2O)c(-c2ccc(O)c(O)c2)oc2cc(O)cc(O)c12. The van der Waals surface area contributed by atoms with E-state index in [4.69, 9.17) is 13.9 Å². The van der Waals surface area contributed by atoms with Gasteiger partial charge >= 0.3 is 0 Å². The van der Waals surface area contributed by atoms with E-state index >= 15 is 0 Å². The molecule has 0 spiro atoms. The van der Waals surface area contributed by atoms with Crippen molar-refractivity contribution in [2.75, 3.05) is 6.61 Å². The summed E-state index contributed by atoms with van der Waals surface area (Å²) in [5, 5.41) is 68.6. The Kier molecular flexibility index (Phi) is 5.11. The third kappa shape index (κ3) is 3.59. The van der Waals surface area contributed by atoms with Crippen molar-refractivity contribution in [2.45, 2.75) is 24.6 Å². The molecule has 164 valence electrons. The van der Waals surface area contributed by atoms with E-state index in [1.165, 1.54) is 6.07 Å². The van der Waals surface area contributed by atoms with Gasteiger partial charge in [0.25, 0.3) is 0 Å². The van der Waals surface area contributed by atoms with E-state index in [9.17, 15) is 40.5 Å². The zero-order chi connectivity index (χ0) is 22.4. The number of aliphatic hydroxyl groups is 3. The number of hydrogen-bond acceptors (Lipinski definition) is 11. The van der Waals surface area contributed by atoms with Crippen LogP contribution in [0.5, 0.6) is 28.7 Å². The molecule has 2 aromatic carbocycles. The van der Waals surface area contributed by atoms with Crippen LogP contribution in [0.4, 0.5) is 0 Å². The summed E-state index contributed by atoms with van der Waals surface area (Å²) in [6.07, 6.45) is -6.29. The number of ether oxygens (including phenoxy) is 2. The first-order valence-corrected chi connectivity index (χ1v) is 9.05. The number of aromatic hydroxyl groups is 4. The van der Waals surface area contributed by atoms with Crippen LogP contribution in [0.1, 0.15) is 0 Å². The van der Waals surface area contributed by atoms with Crippen molar-refractivity contribution in [1.29, 1.82) is 0 Å². The van der Waals surface area contributed by atoms with Crippen molar-refractivity contribution in [3.63, 3.8) is 0 Å². The molecule has 4 rings (SSSR count).